The average Bonchev–Trinajstić information content (AvgIpc) is 3.25. The van der Waals surface area contributed by atoms with E-state index in [1.807, 2.05) is 23.1 Å². The summed E-state index contributed by atoms with van der Waals surface area (Å²) in [5, 5.41) is 0. The molecule has 0 N–H and O–H groups in total. The summed E-state index contributed by atoms with van der Waals surface area (Å²) in [4.78, 5) is 14.8. The zero-order chi connectivity index (χ0) is 16.2. The number of allylic oxidation sites excluding steroid dienone is 2. The molecule has 1 fully saturated rings. The minimum absolute atomic E-state index is 0.119. The van der Waals surface area contributed by atoms with E-state index in [0.717, 1.165) is 49.3 Å². The Hall–Kier alpha value is -1.97. The monoisotopic (exact) mass is 315 g/mol. The number of rotatable bonds is 5. The second kappa shape index (κ2) is 7.07. The molecule has 1 aliphatic carbocycles. The Morgan fingerprint density at radius 1 is 1.26 bits per heavy atom. The van der Waals surface area contributed by atoms with Crippen LogP contribution in [-0.2, 0) is 4.79 Å². The van der Waals surface area contributed by atoms with Crippen molar-refractivity contribution in [2.75, 3.05) is 20.8 Å². The molecule has 3 rings (SSSR count). The van der Waals surface area contributed by atoms with Crippen LogP contribution in [0, 0.1) is 5.92 Å². The van der Waals surface area contributed by atoms with Crippen molar-refractivity contribution in [2.45, 2.75) is 38.1 Å². The number of ether oxygens (including phenoxy) is 2. The maximum Gasteiger partial charge on any atom is 0.223 e. The van der Waals surface area contributed by atoms with Crippen molar-refractivity contribution < 1.29 is 14.3 Å². The number of likely N-dealkylation sites (tertiary alicyclic amines) is 1. The smallest absolute Gasteiger partial charge is 0.223 e. The van der Waals surface area contributed by atoms with Crippen LogP contribution in [0.2, 0.25) is 0 Å². The molecule has 0 unspecified atom stereocenters. The third-order valence-corrected chi connectivity index (χ3v) is 4.92. The molecular weight excluding hydrogens is 290 g/mol. The first-order valence-electron chi connectivity index (χ1n) is 8.41. The maximum atomic E-state index is 12.7. The molecule has 1 aromatic carbocycles. The molecule has 0 saturated carbocycles. The summed E-state index contributed by atoms with van der Waals surface area (Å²) in [6, 6.07) is 5.99. The van der Waals surface area contributed by atoms with Gasteiger partial charge < -0.3 is 14.4 Å². The van der Waals surface area contributed by atoms with E-state index in [1.54, 1.807) is 14.2 Å². The highest BCUT2D eigenvalue weighted by Crippen LogP contribution is 2.39. The van der Waals surface area contributed by atoms with Gasteiger partial charge >= 0.3 is 0 Å². The van der Waals surface area contributed by atoms with Crippen LogP contribution < -0.4 is 9.47 Å². The number of hydrogen-bond acceptors (Lipinski definition) is 3. The molecule has 2 atom stereocenters. The van der Waals surface area contributed by atoms with E-state index >= 15 is 0 Å². The van der Waals surface area contributed by atoms with Gasteiger partial charge in [-0.1, -0.05) is 12.2 Å². The summed E-state index contributed by atoms with van der Waals surface area (Å²) in [5.74, 6) is 2.26. The molecule has 0 spiro atoms. The lowest BCUT2D eigenvalue weighted by atomic mass is 10.0. The van der Waals surface area contributed by atoms with Gasteiger partial charge in [0.15, 0.2) is 0 Å². The molecular formula is C19H25NO3. The molecule has 2 aliphatic rings. The number of nitrogens with zero attached hydrogens (tertiary/aromatic N) is 1. The molecule has 1 saturated heterocycles. The Morgan fingerprint density at radius 2 is 2.13 bits per heavy atom. The number of hydrogen-bond donors (Lipinski definition) is 0. The molecule has 1 heterocycles. The molecule has 23 heavy (non-hydrogen) atoms. The van der Waals surface area contributed by atoms with E-state index in [2.05, 4.69) is 12.2 Å². The number of amides is 1. The van der Waals surface area contributed by atoms with Crippen molar-refractivity contribution in [3.63, 3.8) is 0 Å². The van der Waals surface area contributed by atoms with E-state index in [1.165, 1.54) is 0 Å². The van der Waals surface area contributed by atoms with E-state index in [-0.39, 0.29) is 11.9 Å². The molecule has 1 amide bonds. The Bertz CT molecular complexity index is 596. The van der Waals surface area contributed by atoms with Crippen LogP contribution in [-0.4, -0.2) is 31.6 Å². The van der Waals surface area contributed by atoms with Crippen molar-refractivity contribution in [2.24, 2.45) is 5.92 Å². The first kappa shape index (κ1) is 15.9. The normalized spacial score (nSPS) is 23.3. The van der Waals surface area contributed by atoms with E-state index in [4.69, 9.17) is 9.47 Å². The molecule has 0 aromatic heterocycles. The van der Waals surface area contributed by atoms with E-state index < -0.39 is 0 Å². The van der Waals surface area contributed by atoms with Crippen LogP contribution in [0.5, 0.6) is 11.5 Å². The first-order chi connectivity index (χ1) is 11.2. The minimum Gasteiger partial charge on any atom is -0.497 e. The lowest BCUT2D eigenvalue weighted by molar-refractivity contribution is -0.132. The molecule has 1 aliphatic heterocycles. The summed E-state index contributed by atoms with van der Waals surface area (Å²) in [6.45, 7) is 0.842. The van der Waals surface area contributed by atoms with Crippen LogP contribution >= 0.6 is 0 Å². The Morgan fingerprint density at radius 3 is 2.83 bits per heavy atom. The van der Waals surface area contributed by atoms with E-state index in [9.17, 15) is 4.79 Å². The Labute approximate surface area is 138 Å². The van der Waals surface area contributed by atoms with Crippen molar-refractivity contribution in [1.29, 1.82) is 0 Å². The average molecular weight is 315 g/mol. The number of carbonyl (C=O) groups excluding carboxylic acids is 1. The van der Waals surface area contributed by atoms with Gasteiger partial charge in [0, 0.05) is 24.6 Å². The molecule has 4 heteroatoms. The van der Waals surface area contributed by atoms with Gasteiger partial charge in [-0.2, -0.15) is 0 Å². The highest BCUT2D eigenvalue weighted by atomic mass is 16.5. The van der Waals surface area contributed by atoms with Crippen LogP contribution in [0.25, 0.3) is 0 Å². The van der Waals surface area contributed by atoms with Crippen LogP contribution in [0.4, 0.5) is 0 Å². The number of benzene rings is 1. The standard InChI is InChI=1S/C19H25NO3/c1-22-15-9-10-16(18(13-15)23-2)17-8-5-11-20(17)19(21)12-14-6-3-4-7-14/h3,6,9-10,13-14,17H,4-5,7-8,11-12H2,1-2H3/t14-,17+/m0/s1. The fourth-order valence-corrected chi connectivity index (χ4v) is 3.69. The van der Waals surface area contributed by atoms with Crippen LogP contribution in [0.15, 0.2) is 30.4 Å². The summed E-state index contributed by atoms with van der Waals surface area (Å²) >= 11 is 0. The first-order valence-corrected chi connectivity index (χ1v) is 8.41. The second-order valence-corrected chi connectivity index (χ2v) is 6.32. The Balaban J connectivity index is 1.78. The number of methoxy groups -OCH3 is 2. The van der Waals surface area contributed by atoms with Crippen molar-refractivity contribution >= 4 is 5.91 Å². The molecule has 1 aromatic rings. The topological polar surface area (TPSA) is 38.8 Å². The van der Waals surface area contributed by atoms with E-state index in [0.29, 0.717) is 12.3 Å². The van der Waals surface area contributed by atoms with Gasteiger partial charge in [-0.05, 0) is 43.7 Å². The molecule has 4 nitrogen and oxygen atoms in total. The van der Waals surface area contributed by atoms with Gasteiger partial charge in [-0.3, -0.25) is 4.79 Å². The van der Waals surface area contributed by atoms with Gasteiger partial charge in [0.05, 0.1) is 20.3 Å². The zero-order valence-electron chi connectivity index (χ0n) is 14.0. The predicted molar refractivity (Wildman–Crippen MR) is 89.7 cm³/mol. The van der Waals surface area contributed by atoms with Crippen molar-refractivity contribution in [1.82, 2.24) is 4.90 Å². The highest BCUT2D eigenvalue weighted by Gasteiger charge is 2.32. The van der Waals surface area contributed by atoms with Crippen LogP contribution in [0.3, 0.4) is 0 Å². The van der Waals surface area contributed by atoms with Crippen LogP contribution in [0.1, 0.15) is 43.7 Å². The highest BCUT2D eigenvalue weighted by molar-refractivity contribution is 5.77. The van der Waals surface area contributed by atoms with Gasteiger partial charge in [0.2, 0.25) is 5.91 Å². The fraction of sp³-hybridized carbons (Fsp3) is 0.526. The summed E-state index contributed by atoms with van der Waals surface area (Å²) in [5.41, 5.74) is 1.08. The van der Waals surface area contributed by atoms with Crippen molar-refractivity contribution in [3.05, 3.63) is 35.9 Å². The van der Waals surface area contributed by atoms with Gasteiger partial charge in [-0.25, -0.2) is 0 Å². The quantitative estimate of drug-likeness (QED) is 0.777. The van der Waals surface area contributed by atoms with Crippen molar-refractivity contribution in [3.8, 4) is 11.5 Å². The summed E-state index contributed by atoms with van der Waals surface area (Å²) in [6.07, 6.45) is 9.26. The lowest BCUT2D eigenvalue weighted by Gasteiger charge is -2.27. The third-order valence-electron chi connectivity index (χ3n) is 4.92. The fourth-order valence-electron chi connectivity index (χ4n) is 3.69. The zero-order valence-corrected chi connectivity index (χ0v) is 14.0. The van der Waals surface area contributed by atoms with Gasteiger partial charge in [-0.15, -0.1) is 0 Å². The largest absolute Gasteiger partial charge is 0.497 e. The maximum absolute atomic E-state index is 12.7. The molecule has 0 radical (unpaired) electrons. The summed E-state index contributed by atoms with van der Waals surface area (Å²) in [7, 11) is 3.32. The molecule has 124 valence electrons. The summed E-state index contributed by atoms with van der Waals surface area (Å²) < 4.78 is 10.8. The second-order valence-electron chi connectivity index (χ2n) is 6.32. The van der Waals surface area contributed by atoms with Gasteiger partial charge in [0.1, 0.15) is 11.5 Å². The predicted octanol–water partition coefficient (Wildman–Crippen LogP) is 3.72. The SMILES string of the molecule is COc1ccc([C@H]2CCCN2C(=O)C[C@H]2C=CCC2)c(OC)c1. The number of carbonyl (C=O) groups is 1. The molecule has 0 bridgehead atoms. The minimum atomic E-state index is 0.119. The van der Waals surface area contributed by atoms with Gasteiger partial charge in [0.25, 0.3) is 0 Å². The third kappa shape index (κ3) is 3.36. The Kier molecular flexibility index (Phi) is 4.89. The lowest BCUT2D eigenvalue weighted by Crippen LogP contribution is -2.31.